The Morgan fingerprint density at radius 1 is 1.05 bits per heavy atom. The van der Waals surface area contributed by atoms with Crippen LogP contribution in [0.15, 0.2) is 54.7 Å². The minimum absolute atomic E-state index is 0.0637. The number of piperidine rings is 1. The summed E-state index contributed by atoms with van der Waals surface area (Å²) in [6.07, 6.45) is 4.95. The van der Waals surface area contributed by atoms with E-state index in [0.717, 1.165) is 32.4 Å². The van der Waals surface area contributed by atoms with E-state index in [2.05, 4.69) is 35.3 Å². The second kappa shape index (κ2) is 6.53. The third-order valence-corrected chi connectivity index (χ3v) is 4.15. The third-order valence-electron chi connectivity index (χ3n) is 4.15. The average Bonchev–Trinajstić information content (AvgIpc) is 2.57. The molecule has 1 saturated heterocycles. The topological polar surface area (TPSA) is 33.2 Å². The maximum atomic E-state index is 12.3. The minimum atomic E-state index is 0.0637. The Bertz CT molecular complexity index is 575. The van der Waals surface area contributed by atoms with Crippen molar-refractivity contribution < 1.29 is 4.79 Å². The van der Waals surface area contributed by atoms with Crippen molar-refractivity contribution in [3.05, 3.63) is 66.0 Å². The lowest BCUT2D eigenvalue weighted by Gasteiger charge is -2.31. The molecule has 1 amide bonds. The van der Waals surface area contributed by atoms with Crippen LogP contribution < -0.4 is 0 Å². The summed E-state index contributed by atoms with van der Waals surface area (Å²) >= 11 is 0. The zero-order valence-electron chi connectivity index (χ0n) is 12.1. The van der Waals surface area contributed by atoms with Gasteiger partial charge in [-0.2, -0.15) is 0 Å². The molecule has 3 heteroatoms. The van der Waals surface area contributed by atoms with Crippen LogP contribution in [-0.4, -0.2) is 28.9 Å². The van der Waals surface area contributed by atoms with Gasteiger partial charge in [-0.25, -0.2) is 0 Å². The van der Waals surface area contributed by atoms with E-state index in [9.17, 15) is 4.79 Å². The van der Waals surface area contributed by atoms with Crippen molar-refractivity contribution in [3.63, 3.8) is 0 Å². The van der Waals surface area contributed by atoms with Gasteiger partial charge in [0, 0.05) is 19.3 Å². The maximum absolute atomic E-state index is 12.3. The Balaban J connectivity index is 1.54. The average molecular weight is 280 g/mol. The van der Waals surface area contributed by atoms with Crippen LogP contribution >= 0.6 is 0 Å². The summed E-state index contributed by atoms with van der Waals surface area (Å²) in [5, 5.41) is 0. The van der Waals surface area contributed by atoms with Crippen LogP contribution in [0, 0.1) is 5.92 Å². The summed E-state index contributed by atoms with van der Waals surface area (Å²) in [6, 6.07) is 16.1. The Kier molecular flexibility index (Phi) is 4.29. The lowest BCUT2D eigenvalue weighted by molar-refractivity contribution is 0.0684. The molecule has 2 aromatic rings. The molecule has 0 unspecified atom stereocenters. The number of carbonyl (C=O) groups excluding carboxylic acids is 1. The van der Waals surface area contributed by atoms with E-state index in [4.69, 9.17) is 0 Å². The molecule has 1 aliphatic heterocycles. The van der Waals surface area contributed by atoms with Crippen LogP contribution in [0.1, 0.15) is 28.9 Å². The molecule has 0 aliphatic carbocycles. The van der Waals surface area contributed by atoms with Crippen molar-refractivity contribution in [2.75, 3.05) is 13.1 Å². The largest absolute Gasteiger partial charge is 0.337 e. The lowest BCUT2D eigenvalue weighted by atomic mass is 9.90. The molecular formula is C18H20N2O. The van der Waals surface area contributed by atoms with Gasteiger partial charge in [-0.3, -0.25) is 9.78 Å². The van der Waals surface area contributed by atoms with Gasteiger partial charge in [0.15, 0.2) is 0 Å². The Hall–Kier alpha value is -2.16. The first-order valence-electron chi connectivity index (χ1n) is 7.57. The van der Waals surface area contributed by atoms with Gasteiger partial charge in [-0.15, -0.1) is 0 Å². The number of amides is 1. The zero-order valence-corrected chi connectivity index (χ0v) is 12.1. The van der Waals surface area contributed by atoms with Crippen LogP contribution in [0.4, 0.5) is 0 Å². The highest BCUT2D eigenvalue weighted by Gasteiger charge is 2.24. The fraction of sp³-hybridized carbons (Fsp3) is 0.333. The van der Waals surface area contributed by atoms with Crippen molar-refractivity contribution in [1.82, 2.24) is 9.88 Å². The number of hydrogen-bond donors (Lipinski definition) is 0. The number of carbonyl (C=O) groups is 1. The summed E-state index contributed by atoms with van der Waals surface area (Å²) in [5.41, 5.74) is 1.95. The van der Waals surface area contributed by atoms with E-state index in [1.165, 1.54) is 5.56 Å². The highest BCUT2D eigenvalue weighted by atomic mass is 16.2. The molecule has 0 bridgehead atoms. The molecule has 1 aromatic heterocycles. The van der Waals surface area contributed by atoms with Gasteiger partial charge in [0.1, 0.15) is 5.69 Å². The smallest absolute Gasteiger partial charge is 0.272 e. The highest BCUT2D eigenvalue weighted by molar-refractivity contribution is 5.92. The molecule has 108 valence electrons. The number of rotatable bonds is 3. The van der Waals surface area contributed by atoms with E-state index in [-0.39, 0.29) is 5.91 Å². The van der Waals surface area contributed by atoms with Gasteiger partial charge in [-0.1, -0.05) is 36.4 Å². The van der Waals surface area contributed by atoms with E-state index >= 15 is 0 Å². The molecule has 0 spiro atoms. The predicted molar refractivity (Wildman–Crippen MR) is 83.0 cm³/mol. The number of likely N-dealkylation sites (tertiary alicyclic amines) is 1. The Labute approximate surface area is 125 Å². The molecule has 1 fully saturated rings. The predicted octanol–water partition coefficient (Wildman–Crippen LogP) is 3.18. The van der Waals surface area contributed by atoms with E-state index in [1.54, 1.807) is 12.3 Å². The molecule has 2 heterocycles. The maximum Gasteiger partial charge on any atom is 0.272 e. The summed E-state index contributed by atoms with van der Waals surface area (Å²) < 4.78 is 0. The first-order chi connectivity index (χ1) is 10.3. The van der Waals surface area contributed by atoms with Gasteiger partial charge in [0.2, 0.25) is 0 Å². The molecule has 0 N–H and O–H groups in total. The van der Waals surface area contributed by atoms with Gasteiger partial charge in [-0.05, 0) is 42.9 Å². The SMILES string of the molecule is O=C(c1ccccn1)N1CCC(Cc2ccccc2)CC1. The number of aromatic nitrogens is 1. The van der Waals surface area contributed by atoms with E-state index in [0.29, 0.717) is 11.6 Å². The number of hydrogen-bond acceptors (Lipinski definition) is 2. The molecule has 1 aliphatic rings. The molecule has 3 rings (SSSR count). The zero-order chi connectivity index (χ0) is 14.5. The molecule has 21 heavy (non-hydrogen) atoms. The molecule has 0 saturated carbocycles. The van der Waals surface area contributed by atoms with Crippen molar-refractivity contribution in [3.8, 4) is 0 Å². The number of benzene rings is 1. The van der Waals surface area contributed by atoms with Crippen LogP contribution in [-0.2, 0) is 6.42 Å². The lowest BCUT2D eigenvalue weighted by Crippen LogP contribution is -2.39. The van der Waals surface area contributed by atoms with E-state index < -0.39 is 0 Å². The summed E-state index contributed by atoms with van der Waals surface area (Å²) in [7, 11) is 0. The number of pyridine rings is 1. The quantitative estimate of drug-likeness (QED) is 0.865. The minimum Gasteiger partial charge on any atom is -0.337 e. The van der Waals surface area contributed by atoms with Crippen molar-refractivity contribution in [2.24, 2.45) is 5.92 Å². The van der Waals surface area contributed by atoms with Crippen molar-refractivity contribution in [1.29, 1.82) is 0 Å². The second-order valence-corrected chi connectivity index (χ2v) is 5.64. The van der Waals surface area contributed by atoms with Crippen LogP contribution in [0.25, 0.3) is 0 Å². The first kappa shape index (κ1) is 13.8. The first-order valence-corrected chi connectivity index (χ1v) is 7.57. The van der Waals surface area contributed by atoms with Crippen LogP contribution in [0.2, 0.25) is 0 Å². The highest BCUT2D eigenvalue weighted by Crippen LogP contribution is 2.22. The summed E-state index contributed by atoms with van der Waals surface area (Å²) in [6.45, 7) is 1.68. The van der Waals surface area contributed by atoms with E-state index in [1.807, 2.05) is 17.0 Å². The number of nitrogens with zero attached hydrogens (tertiary/aromatic N) is 2. The standard InChI is InChI=1S/C18H20N2O/c21-18(17-8-4-5-11-19-17)20-12-9-16(10-13-20)14-15-6-2-1-3-7-15/h1-8,11,16H,9-10,12-14H2. The molecule has 0 atom stereocenters. The fourth-order valence-corrected chi connectivity index (χ4v) is 2.94. The summed E-state index contributed by atoms with van der Waals surface area (Å²) in [4.78, 5) is 18.4. The second-order valence-electron chi connectivity index (χ2n) is 5.64. The summed E-state index contributed by atoms with van der Waals surface area (Å²) in [5.74, 6) is 0.744. The van der Waals surface area contributed by atoms with Crippen molar-refractivity contribution >= 4 is 5.91 Å². The van der Waals surface area contributed by atoms with Gasteiger partial charge >= 0.3 is 0 Å². The molecule has 3 nitrogen and oxygen atoms in total. The third kappa shape index (κ3) is 3.48. The Morgan fingerprint density at radius 2 is 1.76 bits per heavy atom. The van der Waals surface area contributed by atoms with Crippen LogP contribution in [0.5, 0.6) is 0 Å². The van der Waals surface area contributed by atoms with Gasteiger partial charge < -0.3 is 4.90 Å². The molecule has 0 radical (unpaired) electrons. The van der Waals surface area contributed by atoms with Gasteiger partial charge in [0.05, 0.1) is 0 Å². The van der Waals surface area contributed by atoms with Crippen LogP contribution in [0.3, 0.4) is 0 Å². The monoisotopic (exact) mass is 280 g/mol. The van der Waals surface area contributed by atoms with Crippen molar-refractivity contribution in [2.45, 2.75) is 19.3 Å². The normalized spacial score (nSPS) is 15.9. The van der Waals surface area contributed by atoms with Gasteiger partial charge in [0.25, 0.3) is 5.91 Å². The Morgan fingerprint density at radius 3 is 2.43 bits per heavy atom. The molecular weight excluding hydrogens is 260 g/mol. The fourth-order valence-electron chi connectivity index (χ4n) is 2.94. The molecule has 1 aromatic carbocycles.